The molecule has 2 aromatic heterocycles. The van der Waals surface area contributed by atoms with Crippen molar-refractivity contribution in [1.82, 2.24) is 10.3 Å². The van der Waals surface area contributed by atoms with Crippen LogP contribution in [0.4, 0.5) is 0 Å². The van der Waals surface area contributed by atoms with Gasteiger partial charge in [-0.2, -0.15) is 0 Å². The molecule has 3 nitrogen and oxygen atoms in total. The molecule has 0 amide bonds. The van der Waals surface area contributed by atoms with Crippen molar-refractivity contribution in [2.45, 2.75) is 19.4 Å². The first-order valence-electron chi connectivity index (χ1n) is 8.14. The van der Waals surface area contributed by atoms with Crippen molar-refractivity contribution < 1.29 is 4.74 Å². The number of thiophene rings is 1. The molecule has 3 aromatic rings. The molecule has 0 fully saturated rings. The Kier molecular flexibility index (Phi) is 5.62. The SMILES string of the molecule is CNCCC(Oc1cccc(-c2ccc(C)nc2)c1)c1cccs1. The minimum absolute atomic E-state index is 0.0730. The zero-order valence-electron chi connectivity index (χ0n) is 14.0. The van der Waals surface area contributed by atoms with E-state index in [0.717, 1.165) is 35.5 Å². The second-order valence-electron chi connectivity index (χ2n) is 5.73. The minimum Gasteiger partial charge on any atom is -0.485 e. The first-order chi connectivity index (χ1) is 11.8. The Morgan fingerprint density at radius 2 is 2.04 bits per heavy atom. The number of pyridine rings is 1. The summed E-state index contributed by atoms with van der Waals surface area (Å²) in [6.07, 6.45) is 2.92. The molecule has 1 unspecified atom stereocenters. The van der Waals surface area contributed by atoms with Gasteiger partial charge in [0.1, 0.15) is 11.9 Å². The average molecular weight is 338 g/mol. The fourth-order valence-corrected chi connectivity index (χ4v) is 3.35. The Balaban J connectivity index is 1.80. The van der Waals surface area contributed by atoms with Gasteiger partial charge >= 0.3 is 0 Å². The molecule has 4 heteroatoms. The number of ether oxygens (including phenoxy) is 1. The van der Waals surface area contributed by atoms with Crippen LogP contribution in [0.15, 0.2) is 60.1 Å². The van der Waals surface area contributed by atoms with Crippen molar-refractivity contribution in [3.05, 3.63) is 70.7 Å². The molecule has 24 heavy (non-hydrogen) atoms. The number of hydrogen-bond donors (Lipinski definition) is 1. The number of aromatic nitrogens is 1. The maximum absolute atomic E-state index is 6.30. The second kappa shape index (κ2) is 8.08. The summed E-state index contributed by atoms with van der Waals surface area (Å²) >= 11 is 1.74. The topological polar surface area (TPSA) is 34.1 Å². The highest BCUT2D eigenvalue weighted by atomic mass is 32.1. The van der Waals surface area contributed by atoms with E-state index in [1.165, 1.54) is 4.88 Å². The summed E-state index contributed by atoms with van der Waals surface area (Å²) in [7, 11) is 1.97. The molecular formula is C20H22N2OS. The molecule has 0 aliphatic rings. The van der Waals surface area contributed by atoms with Crippen molar-refractivity contribution in [3.8, 4) is 16.9 Å². The number of nitrogens with one attached hydrogen (secondary N) is 1. The molecule has 0 saturated heterocycles. The zero-order valence-corrected chi connectivity index (χ0v) is 14.8. The lowest BCUT2D eigenvalue weighted by molar-refractivity contribution is 0.199. The number of benzene rings is 1. The first kappa shape index (κ1) is 16.7. The van der Waals surface area contributed by atoms with Gasteiger partial charge in [-0.1, -0.05) is 24.3 Å². The summed E-state index contributed by atoms with van der Waals surface area (Å²) in [5.74, 6) is 0.891. The lowest BCUT2D eigenvalue weighted by Gasteiger charge is -2.18. The van der Waals surface area contributed by atoms with E-state index in [9.17, 15) is 0 Å². The molecular weight excluding hydrogens is 316 g/mol. The predicted octanol–water partition coefficient (Wildman–Crippen LogP) is 4.85. The molecule has 0 aliphatic heterocycles. The van der Waals surface area contributed by atoms with E-state index in [2.05, 4.69) is 46.0 Å². The normalized spacial score (nSPS) is 12.1. The van der Waals surface area contributed by atoms with E-state index in [1.54, 1.807) is 11.3 Å². The maximum atomic E-state index is 6.30. The molecule has 0 saturated carbocycles. The van der Waals surface area contributed by atoms with Gasteiger partial charge in [-0.25, -0.2) is 0 Å². The zero-order chi connectivity index (χ0) is 16.8. The quantitative estimate of drug-likeness (QED) is 0.669. The standard InChI is InChI=1S/C20H22N2OS/c1-15-8-9-17(14-22-15)16-5-3-6-18(13-16)23-19(10-11-21-2)20-7-4-12-24-20/h3-9,12-14,19,21H,10-11H2,1-2H3. The third-order valence-corrected chi connectivity index (χ3v) is 4.84. The Bertz CT molecular complexity index is 754. The summed E-state index contributed by atoms with van der Waals surface area (Å²) in [5, 5.41) is 5.30. The van der Waals surface area contributed by atoms with Gasteiger partial charge in [0.15, 0.2) is 0 Å². The molecule has 124 valence electrons. The van der Waals surface area contributed by atoms with Crippen LogP contribution in [0.1, 0.15) is 23.1 Å². The number of aryl methyl sites for hydroxylation is 1. The lowest BCUT2D eigenvalue weighted by Crippen LogP contribution is -2.15. The van der Waals surface area contributed by atoms with Gasteiger partial charge < -0.3 is 10.1 Å². The summed E-state index contributed by atoms with van der Waals surface area (Å²) < 4.78 is 6.30. The average Bonchev–Trinajstić information content (AvgIpc) is 3.14. The molecule has 0 radical (unpaired) electrons. The minimum atomic E-state index is 0.0730. The van der Waals surface area contributed by atoms with Crippen LogP contribution in [0, 0.1) is 6.92 Å². The highest BCUT2D eigenvalue weighted by Crippen LogP contribution is 2.30. The van der Waals surface area contributed by atoms with E-state index < -0.39 is 0 Å². The van der Waals surface area contributed by atoms with Crippen LogP contribution in [-0.4, -0.2) is 18.6 Å². The van der Waals surface area contributed by atoms with E-state index in [0.29, 0.717) is 0 Å². The molecule has 0 bridgehead atoms. The van der Waals surface area contributed by atoms with Gasteiger partial charge in [0.25, 0.3) is 0 Å². The molecule has 3 rings (SSSR count). The van der Waals surface area contributed by atoms with Crippen molar-refractivity contribution >= 4 is 11.3 Å². The Hall–Kier alpha value is -2.17. The lowest BCUT2D eigenvalue weighted by atomic mass is 10.1. The van der Waals surface area contributed by atoms with Gasteiger partial charge in [0.2, 0.25) is 0 Å². The fourth-order valence-electron chi connectivity index (χ4n) is 2.56. The number of rotatable bonds is 7. The molecule has 0 aliphatic carbocycles. The smallest absolute Gasteiger partial charge is 0.134 e. The summed E-state index contributed by atoms with van der Waals surface area (Å²) in [6.45, 7) is 2.92. The first-order valence-corrected chi connectivity index (χ1v) is 9.02. The van der Waals surface area contributed by atoms with Gasteiger partial charge in [-0.05, 0) is 55.7 Å². The third-order valence-electron chi connectivity index (χ3n) is 3.87. The third kappa shape index (κ3) is 4.22. The Labute approximate surface area is 147 Å². The van der Waals surface area contributed by atoms with E-state index in [-0.39, 0.29) is 6.10 Å². The summed E-state index contributed by atoms with van der Waals surface area (Å²) in [4.78, 5) is 5.64. The summed E-state index contributed by atoms with van der Waals surface area (Å²) in [5.41, 5.74) is 3.25. The Morgan fingerprint density at radius 1 is 1.12 bits per heavy atom. The van der Waals surface area contributed by atoms with Crippen LogP contribution < -0.4 is 10.1 Å². The molecule has 1 N–H and O–H groups in total. The summed E-state index contributed by atoms with van der Waals surface area (Å²) in [6, 6.07) is 16.6. The Morgan fingerprint density at radius 3 is 2.75 bits per heavy atom. The van der Waals surface area contributed by atoms with Crippen molar-refractivity contribution in [1.29, 1.82) is 0 Å². The van der Waals surface area contributed by atoms with Crippen LogP contribution >= 0.6 is 11.3 Å². The van der Waals surface area contributed by atoms with Crippen LogP contribution in [0.3, 0.4) is 0 Å². The van der Waals surface area contributed by atoms with Gasteiger partial charge in [0, 0.05) is 28.8 Å². The number of nitrogens with zero attached hydrogens (tertiary/aromatic N) is 1. The molecule has 0 spiro atoms. The maximum Gasteiger partial charge on any atom is 0.134 e. The molecule has 2 heterocycles. The predicted molar refractivity (Wildman–Crippen MR) is 101 cm³/mol. The monoisotopic (exact) mass is 338 g/mol. The van der Waals surface area contributed by atoms with Crippen LogP contribution in [-0.2, 0) is 0 Å². The van der Waals surface area contributed by atoms with Gasteiger partial charge in [-0.3, -0.25) is 4.98 Å². The van der Waals surface area contributed by atoms with Gasteiger partial charge in [0.05, 0.1) is 0 Å². The number of hydrogen-bond acceptors (Lipinski definition) is 4. The largest absolute Gasteiger partial charge is 0.485 e. The van der Waals surface area contributed by atoms with Crippen molar-refractivity contribution in [3.63, 3.8) is 0 Å². The van der Waals surface area contributed by atoms with E-state index in [4.69, 9.17) is 4.74 Å². The molecule has 1 atom stereocenters. The van der Waals surface area contributed by atoms with Crippen LogP contribution in [0.2, 0.25) is 0 Å². The fraction of sp³-hybridized carbons (Fsp3) is 0.250. The van der Waals surface area contributed by atoms with Crippen LogP contribution in [0.5, 0.6) is 5.75 Å². The highest BCUT2D eigenvalue weighted by molar-refractivity contribution is 7.10. The van der Waals surface area contributed by atoms with E-state index in [1.807, 2.05) is 38.4 Å². The van der Waals surface area contributed by atoms with Gasteiger partial charge in [-0.15, -0.1) is 11.3 Å². The second-order valence-corrected chi connectivity index (χ2v) is 6.71. The van der Waals surface area contributed by atoms with Crippen molar-refractivity contribution in [2.75, 3.05) is 13.6 Å². The molecule has 1 aromatic carbocycles. The van der Waals surface area contributed by atoms with Crippen LogP contribution in [0.25, 0.3) is 11.1 Å². The highest BCUT2D eigenvalue weighted by Gasteiger charge is 2.14. The van der Waals surface area contributed by atoms with Crippen molar-refractivity contribution in [2.24, 2.45) is 0 Å². The van der Waals surface area contributed by atoms with E-state index >= 15 is 0 Å².